The first-order valence-corrected chi connectivity index (χ1v) is 8.37. The van der Waals surface area contributed by atoms with E-state index in [1.165, 1.54) is 34.1 Å². The van der Waals surface area contributed by atoms with Gasteiger partial charge < -0.3 is 20.9 Å². The van der Waals surface area contributed by atoms with Gasteiger partial charge in [-0.05, 0) is 37.1 Å². The third-order valence-electron chi connectivity index (χ3n) is 4.41. The zero-order valence-corrected chi connectivity index (χ0v) is 13.8. The predicted octanol–water partition coefficient (Wildman–Crippen LogP) is -0.0789. The Kier molecular flexibility index (Phi) is 4.98. The molecule has 3 amide bonds. The van der Waals surface area contributed by atoms with E-state index in [1.54, 1.807) is 0 Å². The zero-order chi connectivity index (χ0) is 18.0. The Morgan fingerprint density at radius 1 is 1.12 bits per heavy atom. The number of hydrogen-bond donors (Lipinski definition) is 2. The largest absolute Gasteiger partial charge is 0.351 e. The monoisotopic (exact) mass is 348 g/mol. The lowest BCUT2D eigenvalue weighted by atomic mass is 10.2. The molecule has 2 aliphatic rings. The topological polar surface area (TPSA) is 95.7 Å². The standard InChI is InChI=1S/C17H21FN4O3/c18-13-5-3-12(4-6-13)17(25)22-10-9-21(16(24)11-1-2-11)15(22)14(23)20-8-7-19/h3-6,11,15H,1-2,7-10,19H2,(H,20,23). The Bertz CT molecular complexity index is 675. The summed E-state index contributed by atoms with van der Waals surface area (Å²) in [5.41, 5.74) is 5.69. The molecule has 134 valence electrons. The highest BCUT2D eigenvalue weighted by molar-refractivity contribution is 5.99. The van der Waals surface area contributed by atoms with Crippen molar-refractivity contribution in [1.29, 1.82) is 0 Å². The first kappa shape index (κ1) is 17.3. The summed E-state index contributed by atoms with van der Waals surface area (Å²) in [5, 5.41) is 2.65. The molecule has 1 heterocycles. The van der Waals surface area contributed by atoms with Crippen molar-refractivity contribution in [2.75, 3.05) is 26.2 Å². The van der Waals surface area contributed by atoms with Crippen LogP contribution >= 0.6 is 0 Å². The van der Waals surface area contributed by atoms with Crippen molar-refractivity contribution in [2.24, 2.45) is 11.7 Å². The third-order valence-corrected chi connectivity index (χ3v) is 4.41. The Balaban J connectivity index is 1.82. The van der Waals surface area contributed by atoms with Crippen molar-refractivity contribution in [2.45, 2.75) is 19.0 Å². The third kappa shape index (κ3) is 3.63. The van der Waals surface area contributed by atoms with E-state index in [2.05, 4.69) is 5.32 Å². The van der Waals surface area contributed by atoms with Gasteiger partial charge in [0.05, 0.1) is 0 Å². The average Bonchev–Trinajstić information content (AvgIpc) is 3.37. The summed E-state index contributed by atoms with van der Waals surface area (Å²) in [4.78, 5) is 40.6. The molecular formula is C17H21FN4O3. The van der Waals surface area contributed by atoms with E-state index in [0.717, 1.165) is 12.8 Å². The number of rotatable bonds is 5. The minimum atomic E-state index is -0.989. The lowest BCUT2D eigenvalue weighted by molar-refractivity contribution is -0.142. The van der Waals surface area contributed by atoms with Gasteiger partial charge in [0, 0.05) is 37.7 Å². The molecule has 1 unspecified atom stereocenters. The van der Waals surface area contributed by atoms with Crippen molar-refractivity contribution in [3.8, 4) is 0 Å². The summed E-state index contributed by atoms with van der Waals surface area (Å²) < 4.78 is 13.1. The molecule has 7 nitrogen and oxygen atoms in total. The van der Waals surface area contributed by atoms with Crippen molar-refractivity contribution >= 4 is 17.7 Å². The maximum atomic E-state index is 13.1. The van der Waals surface area contributed by atoms with Crippen LogP contribution in [0.25, 0.3) is 0 Å². The molecule has 1 atom stereocenters. The SMILES string of the molecule is NCCNC(=O)C1N(C(=O)c2ccc(F)cc2)CCN1C(=O)C1CC1. The average molecular weight is 348 g/mol. The Morgan fingerprint density at radius 3 is 2.36 bits per heavy atom. The van der Waals surface area contributed by atoms with Gasteiger partial charge in [0.1, 0.15) is 5.82 Å². The molecule has 0 spiro atoms. The molecule has 2 fully saturated rings. The minimum absolute atomic E-state index is 0.0503. The van der Waals surface area contributed by atoms with Gasteiger partial charge in [0.2, 0.25) is 5.91 Å². The summed E-state index contributed by atoms with van der Waals surface area (Å²) in [6, 6.07) is 5.13. The van der Waals surface area contributed by atoms with Gasteiger partial charge in [0.15, 0.2) is 6.17 Å². The van der Waals surface area contributed by atoms with Gasteiger partial charge in [-0.25, -0.2) is 4.39 Å². The highest BCUT2D eigenvalue weighted by Gasteiger charge is 2.46. The summed E-state index contributed by atoms with van der Waals surface area (Å²) in [5.74, 6) is -1.42. The molecule has 3 rings (SSSR count). The summed E-state index contributed by atoms with van der Waals surface area (Å²) in [7, 11) is 0. The number of nitrogens with zero attached hydrogens (tertiary/aromatic N) is 2. The fourth-order valence-electron chi connectivity index (χ4n) is 2.96. The summed E-state index contributed by atoms with van der Waals surface area (Å²) in [6.07, 6.45) is 0.647. The molecule has 1 aromatic carbocycles. The predicted molar refractivity (Wildman–Crippen MR) is 87.7 cm³/mol. The van der Waals surface area contributed by atoms with Gasteiger partial charge >= 0.3 is 0 Å². The number of amides is 3. The van der Waals surface area contributed by atoms with E-state index >= 15 is 0 Å². The van der Waals surface area contributed by atoms with Crippen LogP contribution in [-0.4, -0.2) is 59.9 Å². The molecular weight excluding hydrogens is 327 g/mol. The van der Waals surface area contributed by atoms with Gasteiger partial charge in [0.25, 0.3) is 11.8 Å². The van der Waals surface area contributed by atoms with E-state index < -0.39 is 23.8 Å². The van der Waals surface area contributed by atoms with Crippen molar-refractivity contribution < 1.29 is 18.8 Å². The van der Waals surface area contributed by atoms with E-state index in [4.69, 9.17) is 5.73 Å². The van der Waals surface area contributed by atoms with E-state index in [1.807, 2.05) is 0 Å². The maximum absolute atomic E-state index is 13.1. The molecule has 3 N–H and O–H groups in total. The van der Waals surface area contributed by atoms with Gasteiger partial charge in [-0.1, -0.05) is 0 Å². The number of benzene rings is 1. The number of carbonyl (C=O) groups is 3. The number of carbonyl (C=O) groups excluding carboxylic acids is 3. The molecule has 0 radical (unpaired) electrons. The Hall–Kier alpha value is -2.48. The summed E-state index contributed by atoms with van der Waals surface area (Å²) in [6.45, 7) is 1.10. The molecule has 0 bridgehead atoms. The molecule has 1 aromatic rings. The smallest absolute Gasteiger partial charge is 0.263 e. The van der Waals surface area contributed by atoms with Crippen molar-refractivity contribution in [3.63, 3.8) is 0 Å². The van der Waals surface area contributed by atoms with Crippen LogP contribution in [0.1, 0.15) is 23.2 Å². The number of hydrogen-bond acceptors (Lipinski definition) is 4. The van der Waals surface area contributed by atoms with Crippen LogP contribution in [0.2, 0.25) is 0 Å². The molecule has 1 aliphatic heterocycles. The highest BCUT2D eigenvalue weighted by atomic mass is 19.1. The quantitative estimate of drug-likeness (QED) is 0.778. The molecule has 1 aliphatic carbocycles. The first-order chi connectivity index (χ1) is 12.0. The van der Waals surface area contributed by atoms with Crippen molar-refractivity contribution in [3.05, 3.63) is 35.6 Å². The highest BCUT2D eigenvalue weighted by Crippen LogP contribution is 2.33. The van der Waals surface area contributed by atoms with E-state index in [0.29, 0.717) is 6.54 Å². The fourth-order valence-corrected chi connectivity index (χ4v) is 2.96. The Morgan fingerprint density at radius 2 is 1.76 bits per heavy atom. The number of nitrogens with two attached hydrogens (primary N) is 1. The van der Waals surface area contributed by atoms with Crippen LogP contribution < -0.4 is 11.1 Å². The zero-order valence-electron chi connectivity index (χ0n) is 13.8. The molecule has 8 heteroatoms. The molecule has 1 saturated carbocycles. The van der Waals surface area contributed by atoms with Crippen LogP contribution in [0, 0.1) is 11.7 Å². The van der Waals surface area contributed by atoms with Crippen LogP contribution in [-0.2, 0) is 9.59 Å². The second-order valence-electron chi connectivity index (χ2n) is 6.26. The van der Waals surface area contributed by atoms with E-state index in [9.17, 15) is 18.8 Å². The van der Waals surface area contributed by atoms with Crippen LogP contribution in [0.3, 0.4) is 0 Å². The second kappa shape index (κ2) is 7.18. The fraction of sp³-hybridized carbons (Fsp3) is 0.471. The lowest BCUT2D eigenvalue weighted by Gasteiger charge is -2.29. The van der Waals surface area contributed by atoms with Crippen molar-refractivity contribution in [1.82, 2.24) is 15.1 Å². The van der Waals surface area contributed by atoms with Crippen LogP contribution in [0.15, 0.2) is 24.3 Å². The number of nitrogens with one attached hydrogen (secondary N) is 1. The molecule has 25 heavy (non-hydrogen) atoms. The first-order valence-electron chi connectivity index (χ1n) is 8.37. The number of halogens is 1. The minimum Gasteiger partial charge on any atom is -0.351 e. The Labute approximate surface area is 144 Å². The van der Waals surface area contributed by atoms with Crippen LogP contribution in [0.5, 0.6) is 0 Å². The van der Waals surface area contributed by atoms with E-state index in [-0.39, 0.29) is 37.0 Å². The molecule has 0 aromatic heterocycles. The lowest BCUT2D eigenvalue weighted by Crippen LogP contribution is -2.54. The normalized spacial score (nSPS) is 19.8. The molecule has 1 saturated heterocycles. The van der Waals surface area contributed by atoms with Gasteiger partial charge in [-0.2, -0.15) is 0 Å². The maximum Gasteiger partial charge on any atom is 0.263 e. The second-order valence-corrected chi connectivity index (χ2v) is 6.26. The summed E-state index contributed by atoms with van der Waals surface area (Å²) >= 11 is 0. The van der Waals surface area contributed by atoms with Crippen LogP contribution in [0.4, 0.5) is 4.39 Å². The van der Waals surface area contributed by atoms with Gasteiger partial charge in [-0.15, -0.1) is 0 Å². The van der Waals surface area contributed by atoms with Gasteiger partial charge in [-0.3, -0.25) is 14.4 Å².